The summed E-state index contributed by atoms with van der Waals surface area (Å²) in [5, 5.41) is 0. The maximum atomic E-state index is 12.4. The SMILES string of the molecule is CC(C)C1(C(=O)OCc2ccccc2)CCCC1. The molecule has 1 aromatic carbocycles. The van der Waals surface area contributed by atoms with Crippen LogP contribution in [0.25, 0.3) is 0 Å². The smallest absolute Gasteiger partial charge is 0.312 e. The Balaban J connectivity index is 1.98. The molecule has 1 aliphatic rings. The first-order valence-corrected chi connectivity index (χ1v) is 6.86. The van der Waals surface area contributed by atoms with Crippen molar-refractivity contribution in [2.45, 2.75) is 46.1 Å². The average Bonchev–Trinajstić information content (AvgIpc) is 2.88. The minimum atomic E-state index is -0.227. The molecule has 18 heavy (non-hydrogen) atoms. The zero-order chi connectivity index (χ0) is 13.0. The largest absolute Gasteiger partial charge is 0.460 e. The van der Waals surface area contributed by atoms with Crippen LogP contribution in [0.5, 0.6) is 0 Å². The second kappa shape index (κ2) is 5.55. The van der Waals surface area contributed by atoms with Crippen molar-refractivity contribution >= 4 is 5.97 Å². The Morgan fingerprint density at radius 1 is 1.22 bits per heavy atom. The number of benzene rings is 1. The molecule has 0 aromatic heterocycles. The molecule has 0 amide bonds. The van der Waals surface area contributed by atoms with Crippen molar-refractivity contribution in [2.24, 2.45) is 11.3 Å². The zero-order valence-corrected chi connectivity index (χ0v) is 11.3. The number of carbonyl (C=O) groups excluding carboxylic acids is 1. The number of hydrogen-bond donors (Lipinski definition) is 0. The summed E-state index contributed by atoms with van der Waals surface area (Å²) in [5.41, 5.74) is 0.831. The van der Waals surface area contributed by atoms with E-state index >= 15 is 0 Å². The van der Waals surface area contributed by atoms with Gasteiger partial charge in [-0.05, 0) is 24.3 Å². The number of carbonyl (C=O) groups is 1. The van der Waals surface area contributed by atoms with Crippen molar-refractivity contribution < 1.29 is 9.53 Å². The second-order valence-electron chi connectivity index (χ2n) is 5.58. The van der Waals surface area contributed by atoms with Crippen LogP contribution in [0.3, 0.4) is 0 Å². The molecule has 0 aliphatic heterocycles. The van der Waals surface area contributed by atoms with Gasteiger partial charge in [0, 0.05) is 0 Å². The molecule has 2 heteroatoms. The quantitative estimate of drug-likeness (QED) is 0.752. The number of hydrogen-bond acceptors (Lipinski definition) is 2. The Kier molecular flexibility index (Phi) is 4.05. The van der Waals surface area contributed by atoms with Crippen molar-refractivity contribution in [3.05, 3.63) is 35.9 Å². The van der Waals surface area contributed by atoms with Crippen LogP contribution >= 0.6 is 0 Å². The predicted molar refractivity (Wildman–Crippen MR) is 72.0 cm³/mol. The third-order valence-electron chi connectivity index (χ3n) is 4.22. The lowest BCUT2D eigenvalue weighted by molar-refractivity contribution is -0.160. The molecule has 98 valence electrons. The van der Waals surface area contributed by atoms with E-state index in [0.717, 1.165) is 31.2 Å². The first-order valence-electron chi connectivity index (χ1n) is 6.86. The van der Waals surface area contributed by atoms with Crippen LogP contribution in [0.1, 0.15) is 45.1 Å². The summed E-state index contributed by atoms with van der Waals surface area (Å²) in [6, 6.07) is 9.89. The van der Waals surface area contributed by atoms with Crippen molar-refractivity contribution in [3.8, 4) is 0 Å². The topological polar surface area (TPSA) is 26.3 Å². The Morgan fingerprint density at radius 3 is 2.39 bits per heavy atom. The van der Waals surface area contributed by atoms with Gasteiger partial charge < -0.3 is 4.74 Å². The fraction of sp³-hybridized carbons (Fsp3) is 0.562. The molecule has 1 aliphatic carbocycles. The minimum absolute atomic E-state index is 0.00106. The molecule has 0 N–H and O–H groups in total. The fourth-order valence-electron chi connectivity index (χ4n) is 2.89. The molecule has 0 radical (unpaired) electrons. The lowest BCUT2D eigenvalue weighted by atomic mass is 9.76. The molecular weight excluding hydrogens is 224 g/mol. The van der Waals surface area contributed by atoms with E-state index in [2.05, 4.69) is 13.8 Å². The van der Waals surface area contributed by atoms with E-state index in [0.29, 0.717) is 12.5 Å². The highest BCUT2D eigenvalue weighted by atomic mass is 16.5. The Hall–Kier alpha value is -1.31. The van der Waals surface area contributed by atoms with Crippen LogP contribution in [-0.2, 0) is 16.1 Å². The summed E-state index contributed by atoms with van der Waals surface area (Å²) < 4.78 is 5.54. The van der Waals surface area contributed by atoms with Crippen LogP contribution in [0.4, 0.5) is 0 Å². The monoisotopic (exact) mass is 246 g/mol. The highest BCUT2D eigenvalue weighted by molar-refractivity contribution is 5.77. The van der Waals surface area contributed by atoms with E-state index in [4.69, 9.17) is 4.74 Å². The van der Waals surface area contributed by atoms with Crippen LogP contribution < -0.4 is 0 Å². The summed E-state index contributed by atoms with van der Waals surface area (Å²) in [5.74, 6) is 0.363. The van der Waals surface area contributed by atoms with Crippen LogP contribution in [0.15, 0.2) is 30.3 Å². The van der Waals surface area contributed by atoms with Crippen molar-refractivity contribution in [1.29, 1.82) is 0 Å². The molecule has 0 spiro atoms. The van der Waals surface area contributed by atoms with Gasteiger partial charge in [-0.3, -0.25) is 4.79 Å². The Labute approximate surface area is 109 Å². The van der Waals surface area contributed by atoms with Crippen molar-refractivity contribution in [1.82, 2.24) is 0 Å². The van der Waals surface area contributed by atoms with Gasteiger partial charge in [-0.1, -0.05) is 57.0 Å². The van der Waals surface area contributed by atoms with Crippen molar-refractivity contribution in [3.63, 3.8) is 0 Å². The van der Waals surface area contributed by atoms with Crippen LogP contribution in [0.2, 0.25) is 0 Å². The van der Waals surface area contributed by atoms with Gasteiger partial charge in [0.1, 0.15) is 6.61 Å². The Morgan fingerprint density at radius 2 is 1.83 bits per heavy atom. The highest BCUT2D eigenvalue weighted by Crippen LogP contribution is 2.45. The van der Waals surface area contributed by atoms with Gasteiger partial charge in [0.25, 0.3) is 0 Å². The Bertz CT molecular complexity index is 389. The lowest BCUT2D eigenvalue weighted by Crippen LogP contribution is -2.35. The minimum Gasteiger partial charge on any atom is -0.460 e. The van der Waals surface area contributed by atoms with Gasteiger partial charge in [-0.2, -0.15) is 0 Å². The van der Waals surface area contributed by atoms with E-state index in [1.165, 1.54) is 0 Å². The molecule has 0 heterocycles. The molecule has 0 bridgehead atoms. The van der Waals surface area contributed by atoms with Gasteiger partial charge in [0.2, 0.25) is 0 Å². The summed E-state index contributed by atoms with van der Waals surface area (Å²) in [7, 11) is 0. The normalized spacial score (nSPS) is 17.9. The van der Waals surface area contributed by atoms with E-state index in [-0.39, 0.29) is 11.4 Å². The first-order chi connectivity index (χ1) is 8.65. The highest BCUT2D eigenvalue weighted by Gasteiger charge is 2.45. The molecular formula is C16H22O2. The van der Waals surface area contributed by atoms with Crippen LogP contribution in [0, 0.1) is 11.3 Å². The lowest BCUT2D eigenvalue weighted by Gasteiger charge is -2.30. The third-order valence-corrected chi connectivity index (χ3v) is 4.22. The third kappa shape index (κ3) is 2.58. The number of esters is 1. The van der Waals surface area contributed by atoms with E-state index in [1.54, 1.807) is 0 Å². The van der Waals surface area contributed by atoms with E-state index in [9.17, 15) is 4.79 Å². The summed E-state index contributed by atoms with van der Waals surface area (Å²) >= 11 is 0. The molecule has 2 rings (SSSR count). The predicted octanol–water partition coefficient (Wildman–Crippen LogP) is 3.95. The molecule has 1 saturated carbocycles. The maximum absolute atomic E-state index is 12.4. The molecule has 0 atom stereocenters. The summed E-state index contributed by atoms with van der Waals surface area (Å²) in [6.45, 7) is 4.67. The van der Waals surface area contributed by atoms with E-state index in [1.807, 2.05) is 30.3 Å². The second-order valence-corrected chi connectivity index (χ2v) is 5.58. The summed E-state index contributed by atoms with van der Waals surface area (Å²) in [4.78, 5) is 12.4. The molecule has 1 aromatic rings. The standard InChI is InChI=1S/C16H22O2/c1-13(2)16(10-6-7-11-16)15(17)18-12-14-8-4-3-5-9-14/h3-5,8-9,13H,6-7,10-12H2,1-2H3. The van der Waals surface area contributed by atoms with Crippen molar-refractivity contribution in [2.75, 3.05) is 0 Å². The van der Waals surface area contributed by atoms with Crippen LogP contribution in [-0.4, -0.2) is 5.97 Å². The summed E-state index contributed by atoms with van der Waals surface area (Å²) in [6.07, 6.45) is 4.27. The number of ether oxygens (including phenoxy) is 1. The van der Waals surface area contributed by atoms with Gasteiger partial charge >= 0.3 is 5.97 Å². The van der Waals surface area contributed by atoms with Gasteiger partial charge in [-0.25, -0.2) is 0 Å². The first kappa shape index (κ1) is 13.1. The molecule has 0 unspecified atom stereocenters. The fourth-order valence-corrected chi connectivity index (χ4v) is 2.89. The van der Waals surface area contributed by atoms with E-state index < -0.39 is 0 Å². The zero-order valence-electron chi connectivity index (χ0n) is 11.3. The van der Waals surface area contributed by atoms with Gasteiger partial charge in [0.15, 0.2) is 0 Å². The van der Waals surface area contributed by atoms with Gasteiger partial charge in [-0.15, -0.1) is 0 Å². The number of rotatable bonds is 4. The maximum Gasteiger partial charge on any atom is 0.312 e. The molecule has 0 saturated heterocycles. The average molecular weight is 246 g/mol. The molecule has 2 nitrogen and oxygen atoms in total. The molecule has 1 fully saturated rings. The van der Waals surface area contributed by atoms with Gasteiger partial charge in [0.05, 0.1) is 5.41 Å².